The average Bonchev–Trinajstić information content (AvgIpc) is 3.18. The first kappa shape index (κ1) is 13.9. The van der Waals surface area contributed by atoms with E-state index >= 15 is 0 Å². The smallest absolute Gasteiger partial charge is 0.356 e. The number of aromatic carboxylic acids is 1. The number of aromatic nitrogens is 2. The fourth-order valence-electron chi connectivity index (χ4n) is 2.17. The highest BCUT2D eigenvalue weighted by atomic mass is 35.5. The van der Waals surface area contributed by atoms with Crippen LogP contribution in [-0.4, -0.2) is 27.5 Å². The molecule has 1 saturated carbocycles. The van der Waals surface area contributed by atoms with Gasteiger partial charge >= 0.3 is 5.97 Å². The first-order valence-electron chi connectivity index (χ1n) is 6.75. The van der Waals surface area contributed by atoms with Gasteiger partial charge in [-0.15, -0.1) is 0 Å². The number of halogens is 1. The first-order chi connectivity index (χ1) is 10.1. The van der Waals surface area contributed by atoms with E-state index in [1.165, 1.54) is 23.6 Å². The number of ether oxygens (including phenoxy) is 1. The second kappa shape index (κ2) is 5.41. The molecule has 2 aromatic rings. The van der Waals surface area contributed by atoms with E-state index in [0.29, 0.717) is 29.0 Å². The summed E-state index contributed by atoms with van der Waals surface area (Å²) in [4.78, 5) is 11.0. The molecule has 0 radical (unpaired) electrons. The quantitative estimate of drug-likeness (QED) is 0.921. The van der Waals surface area contributed by atoms with Crippen molar-refractivity contribution in [2.75, 3.05) is 6.61 Å². The third-order valence-electron chi connectivity index (χ3n) is 3.50. The Kier molecular flexibility index (Phi) is 3.59. The third-order valence-corrected chi connectivity index (χ3v) is 3.80. The summed E-state index contributed by atoms with van der Waals surface area (Å²) >= 11 is 6.23. The van der Waals surface area contributed by atoms with Crippen molar-refractivity contribution in [2.24, 2.45) is 13.0 Å². The summed E-state index contributed by atoms with van der Waals surface area (Å²) in [5.74, 6) is 0.139. The Bertz CT molecular complexity index is 692. The van der Waals surface area contributed by atoms with Gasteiger partial charge in [0.2, 0.25) is 0 Å². The molecule has 110 valence electrons. The van der Waals surface area contributed by atoms with Crippen molar-refractivity contribution in [1.29, 1.82) is 0 Å². The van der Waals surface area contributed by atoms with Crippen LogP contribution in [0.4, 0.5) is 0 Å². The minimum atomic E-state index is -1.06. The van der Waals surface area contributed by atoms with Crippen molar-refractivity contribution in [3.63, 3.8) is 0 Å². The maximum absolute atomic E-state index is 11.0. The van der Waals surface area contributed by atoms with Crippen LogP contribution < -0.4 is 4.74 Å². The minimum Gasteiger partial charge on any atom is -0.491 e. The Balaban J connectivity index is 2.00. The molecule has 1 N–H and O–H groups in total. The molecule has 1 aromatic heterocycles. The summed E-state index contributed by atoms with van der Waals surface area (Å²) in [5, 5.41) is 13.5. The second-order valence-corrected chi connectivity index (χ2v) is 5.62. The molecular formula is C15H15ClN2O3. The highest BCUT2D eigenvalue weighted by Crippen LogP contribution is 2.38. The van der Waals surface area contributed by atoms with Crippen molar-refractivity contribution >= 4 is 17.6 Å². The molecular weight excluding hydrogens is 292 g/mol. The van der Waals surface area contributed by atoms with Crippen LogP contribution in [0.2, 0.25) is 5.02 Å². The molecule has 3 rings (SSSR count). The summed E-state index contributed by atoms with van der Waals surface area (Å²) in [5.41, 5.74) is 1.42. The number of para-hydroxylation sites is 1. The lowest BCUT2D eigenvalue weighted by Crippen LogP contribution is -2.03. The molecule has 0 spiro atoms. The van der Waals surface area contributed by atoms with Gasteiger partial charge in [-0.05, 0) is 37.0 Å². The van der Waals surface area contributed by atoms with Crippen molar-refractivity contribution in [2.45, 2.75) is 12.8 Å². The topological polar surface area (TPSA) is 64.4 Å². The van der Waals surface area contributed by atoms with E-state index in [-0.39, 0.29) is 5.69 Å². The average molecular weight is 307 g/mol. The van der Waals surface area contributed by atoms with Crippen LogP contribution in [0.15, 0.2) is 24.3 Å². The number of hydrogen-bond donors (Lipinski definition) is 1. The summed E-state index contributed by atoms with van der Waals surface area (Å²) in [6, 6.07) is 6.96. The predicted octanol–water partition coefficient (Wildman–Crippen LogP) is 3.23. The van der Waals surface area contributed by atoms with Gasteiger partial charge in [-0.25, -0.2) is 4.79 Å². The minimum absolute atomic E-state index is 0.000573. The molecule has 1 aromatic carbocycles. The predicted molar refractivity (Wildman–Crippen MR) is 78.8 cm³/mol. The van der Waals surface area contributed by atoms with E-state index in [1.54, 1.807) is 13.1 Å². The standard InChI is InChI=1S/C15H15ClN2O3/c1-18-13(7-12(17-18)15(19)20)10-3-2-4-11(16)14(10)21-8-9-5-6-9/h2-4,7,9H,5-6,8H2,1H3,(H,19,20). The Labute approximate surface area is 127 Å². The zero-order valence-corrected chi connectivity index (χ0v) is 12.3. The number of hydrogen-bond acceptors (Lipinski definition) is 3. The number of nitrogens with zero attached hydrogens (tertiary/aromatic N) is 2. The molecule has 0 unspecified atom stereocenters. The molecule has 1 aliphatic rings. The molecule has 0 atom stereocenters. The van der Waals surface area contributed by atoms with Gasteiger partial charge in [0.05, 0.1) is 17.3 Å². The van der Waals surface area contributed by atoms with Gasteiger partial charge < -0.3 is 9.84 Å². The maximum atomic E-state index is 11.0. The lowest BCUT2D eigenvalue weighted by molar-refractivity contribution is 0.0689. The largest absolute Gasteiger partial charge is 0.491 e. The van der Waals surface area contributed by atoms with E-state index in [0.717, 1.165) is 5.56 Å². The van der Waals surface area contributed by atoms with Gasteiger partial charge in [-0.3, -0.25) is 4.68 Å². The second-order valence-electron chi connectivity index (χ2n) is 5.21. The van der Waals surface area contributed by atoms with Crippen LogP contribution in [-0.2, 0) is 7.05 Å². The SMILES string of the molecule is Cn1nc(C(=O)O)cc1-c1cccc(Cl)c1OCC1CC1. The number of carboxylic acid groups (broad SMARTS) is 1. The zero-order chi connectivity index (χ0) is 15.0. The summed E-state index contributed by atoms with van der Waals surface area (Å²) in [7, 11) is 1.70. The number of carboxylic acids is 1. The summed E-state index contributed by atoms with van der Waals surface area (Å²) in [6.07, 6.45) is 2.38. The monoisotopic (exact) mass is 306 g/mol. The van der Waals surface area contributed by atoms with Crippen LogP contribution in [0, 0.1) is 5.92 Å². The van der Waals surface area contributed by atoms with Crippen molar-refractivity contribution in [3.05, 3.63) is 35.0 Å². The first-order valence-corrected chi connectivity index (χ1v) is 7.13. The normalized spacial score (nSPS) is 14.2. The number of benzene rings is 1. The van der Waals surface area contributed by atoms with E-state index < -0.39 is 5.97 Å². The molecule has 1 fully saturated rings. The highest BCUT2D eigenvalue weighted by molar-refractivity contribution is 6.32. The molecule has 1 aliphatic carbocycles. The van der Waals surface area contributed by atoms with Gasteiger partial charge in [0.1, 0.15) is 5.75 Å². The Morgan fingerprint density at radius 1 is 1.52 bits per heavy atom. The number of aryl methyl sites for hydroxylation is 1. The summed E-state index contributed by atoms with van der Waals surface area (Å²) in [6.45, 7) is 0.639. The maximum Gasteiger partial charge on any atom is 0.356 e. The zero-order valence-electron chi connectivity index (χ0n) is 11.5. The van der Waals surface area contributed by atoms with Gasteiger partial charge in [0.25, 0.3) is 0 Å². The Morgan fingerprint density at radius 3 is 2.90 bits per heavy atom. The molecule has 0 saturated heterocycles. The van der Waals surface area contributed by atoms with Gasteiger partial charge in [0, 0.05) is 12.6 Å². The van der Waals surface area contributed by atoms with Crippen LogP contribution >= 0.6 is 11.6 Å². The van der Waals surface area contributed by atoms with Crippen molar-refractivity contribution in [1.82, 2.24) is 9.78 Å². The Morgan fingerprint density at radius 2 is 2.29 bits per heavy atom. The highest BCUT2D eigenvalue weighted by Gasteiger charge is 2.24. The summed E-state index contributed by atoms with van der Waals surface area (Å²) < 4.78 is 7.38. The van der Waals surface area contributed by atoms with Gasteiger partial charge in [-0.1, -0.05) is 17.7 Å². The fourth-order valence-corrected chi connectivity index (χ4v) is 2.40. The molecule has 5 nitrogen and oxygen atoms in total. The molecule has 1 heterocycles. The molecule has 6 heteroatoms. The van der Waals surface area contributed by atoms with Crippen LogP contribution in [0.3, 0.4) is 0 Å². The van der Waals surface area contributed by atoms with Crippen LogP contribution in [0.1, 0.15) is 23.3 Å². The van der Waals surface area contributed by atoms with Crippen molar-refractivity contribution in [3.8, 4) is 17.0 Å². The van der Waals surface area contributed by atoms with E-state index in [2.05, 4.69) is 5.10 Å². The third kappa shape index (κ3) is 2.88. The molecule has 0 aliphatic heterocycles. The van der Waals surface area contributed by atoms with Crippen LogP contribution in [0.25, 0.3) is 11.3 Å². The molecule has 0 bridgehead atoms. The lowest BCUT2D eigenvalue weighted by Gasteiger charge is -2.13. The molecule has 21 heavy (non-hydrogen) atoms. The fraction of sp³-hybridized carbons (Fsp3) is 0.333. The lowest BCUT2D eigenvalue weighted by atomic mass is 10.1. The molecule has 0 amide bonds. The number of rotatable bonds is 5. The number of carbonyl (C=O) groups is 1. The van der Waals surface area contributed by atoms with E-state index in [1.807, 2.05) is 12.1 Å². The van der Waals surface area contributed by atoms with E-state index in [9.17, 15) is 4.79 Å². The van der Waals surface area contributed by atoms with Gasteiger partial charge in [-0.2, -0.15) is 5.10 Å². The van der Waals surface area contributed by atoms with Crippen LogP contribution in [0.5, 0.6) is 5.75 Å². The Hall–Kier alpha value is -2.01. The van der Waals surface area contributed by atoms with E-state index in [4.69, 9.17) is 21.4 Å². The van der Waals surface area contributed by atoms with Crippen molar-refractivity contribution < 1.29 is 14.6 Å². The van der Waals surface area contributed by atoms with Gasteiger partial charge in [0.15, 0.2) is 5.69 Å².